The number of urea groups is 1. The molecule has 0 aliphatic carbocycles. The van der Waals surface area contributed by atoms with E-state index in [0.29, 0.717) is 18.1 Å². The van der Waals surface area contributed by atoms with Crippen LogP contribution in [0.15, 0.2) is 48.5 Å². The minimum absolute atomic E-state index is 0.294. The first-order valence-corrected chi connectivity index (χ1v) is 9.61. The summed E-state index contributed by atoms with van der Waals surface area (Å²) in [6.07, 6.45) is 1.37. The van der Waals surface area contributed by atoms with Gasteiger partial charge in [0.15, 0.2) is 0 Å². The Bertz CT molecular complexity index is 912. The quantitative estimate of drug-likeness (QED) is 0.606. The summed E-state index contributed by atoms with van der Waals surface area (Å²) in [7, 11) is 3.27. The highest BCUT2D eigenvalue weighted by atomic mass is 32.1. The Morgan fingerprint density at radius 1 is 1.00 bits per heavy atom. The molecule has 0 saturated carbocycles. The van der Waals surface area contributed by atoms with Crippen molar-refractivity contribution >= 4 is 22.5 Å². The number of aromatic nitrogens is 2. The zero-order chi connectivity index (χ0) is 19.8. The topological polar surface area (TPSA) is 85.4 Å². The van der Waals surface area contributed by atoms with E-state index in [0.717, 1.165) is 34.1 Å². The molecule has 7 nitrogen and oxygen atoms in total. The lowest BCUT2D eigenvalue weighted by molar-refractivity contribution is 0.252. The van der Waals surface area contributed by atoms with Crippen LogP contribution in [0.3, 0.4) is 0 Å². The van der Waals surface area contributed by atoms with Gasteiger partial charge in [-0.05, 0) is 41.8 Å². The van der Waals surface area contributed by atoms with Crippen molar-refractivity contribution in [3.8, 4) is 11.5 Å². The summed E-state index contributed by atoms with van der Waals surface area (Å²) >= 11 is 1.35. The van der Waals surface area contributed by atoms with Crippen molar-refractivity contribution in [1.82, 2.24) is 15.5 Å². The van der Waals surface area contributed by atoms with Gasteiger partial charge in [0.2, 0.25) is 5.13 Å². The van der Waals surface area contributed by atoms with Crippen LogP contribution in [0.5, 0.6) is 11.5 Å². The van der Waals surface area contributed by atoms with Crippen LogP contribution < -0.4 is 20.1 Å². The van der Waals surface area contributed by atoms with Crippen LogP contribution in [0, 0.1) is 0 Å². The van der Waals surface area contributed by atoms with E-state index < -0.39 is 0 Å². The minimum atomic E-state index is -0.294. The summed E-state index contributed by atoms with van der Waals surface area (Å²) in [5, 5.41) is 15.0. The number of anilines is 1. The monoisotopic (exact) mass is 398 g/mol. The van der Waals surface area contributed by atoms with Crippen molar-refractivity contribution in [2.24, 2.45) is 0 Å². The van der Waals surface area contributed by atoms with Crippen LogP contribution in [0.4, 0.5) is 9.93 Å². The summed E-state index contributed by atoms with van der Waals surface area (Å²) in [5.41, 5.74) is 2.20. The van der Waals surface area contributed by atoms with Gasteiger partial charge in [0.25, 0.3) is 0 Å². The van der Waals surface area contributed by atoms with Crippen molar-refractivity contribution in [2.75, 3.05) is 26.1 Å². The van der Waals surface area contributed by atoms with E-state index in [1.54, 1.807) is 14.2 Å². The SMILES string of the molecule is COc1ccc(CCNC(=O)Nc2nnc(Cc3cccc(OC)c3)s2)cc1. The molecule has 3 rings (SSSR count). The number of rotatable bonds is 8. The van der Waals surface area contributed by atoms with Gasteiger partial charge in [-0.15, -0.1) is 10.2 Å². The van der Waals surface area contributed by atoms with Crippen LogP contribution in [0.1, 0.15) is 16.1 Å². The molecule has 28 heavy (non-hydrogen) atoms. The highest BCUT2D eigenvalue weighted by Gasteiger charge is 2.09. The smallest absolute Gasteiger partial charge is 0.321 e. The molecule has 2 amide bonds. The van der Waals surface area contributed by atoms with Crippen LogP contribution in [0.25, 0.3) is 0 Å². The Balaban J connectivity index is 1.45. The standard InChI is InChI=1S/C20H22N4O3S/c1-26-16-8-6-14(7-9-16)10-11-21-19(25)22-20-24-23-18(28-20)13-15-4-3-5-17(12-15)27-2/h3-9,12H,10-11,13H2,1-2H3,(H2,21,22,24,25). The summed E-state index contributed by atoms with van der Waals surface area (Å²) < 4.78 is 10.4. The Kier molecular flexibility index (Phi) is 6.80. The molecule has 0 spiro atoms. The number of benzene rings is 2. The van der Waals surface area contributed by atoms with E-state index >= 15 is 0 Å². The van der Waals surface area contributed by atoms with Crippen LogP contribution in [-0.4, -0.2) is 37.0 Å². The normalized spacial score (nSPS) is 10.4. The third-order valence-corrected chi connectivity index (χ3v) is 4.87. The Labute approximate surface area is 167 Å². The molecule has 0 saturated heterocycles. The Morgan fingerprint density at radius 3 is 2.54 bits per heavy atom. The van der Waals surface area contributed by atoms with Gasteiger partial charge in [0.05, 0.1) is 14.2 Å². The summed E-state index contributed by atoms with van der Waals surface area (Å²) in [6.45, 7) is 0.521. The molecule has 1 aromatic heterocycles. The van der Waals surface area contributed by atoms with Gasteiger partial charge in [-0.25, -0.2) is 4.79 Å². The van der Waals surface area contributed by atoms with Crippen molar-refractivity contribution in [1.29, 1.82) is 0 Å². The maximum Gasteiger partial charge on any atom is 0.321 e. The molecular formula is C20H22N4O3S. The first kappa shape index (κ1) is 19.6. The van der Waals surface area contributed by atoms with E-state index in [-0.39, 0.29) is 6.03 Å². The lowest BCUT2D eigenvalue weighted by atomic mass is 10.1. The maximum absolute atomic E-state index is 12.0. The molecule has 2 aromatic carbocycles. The molecule has 1 heterocycles. The number of hydrogen-bond donors (Lipinski definition) is 2. The molecule has 0 unspecified atom stereocenters. The summed E-state index contributed by atoms with van der Waals surface area (Å²) in [5.74, 6) is 1.62. The van der Waals surface area contributed by atoms with Gasteiger partial charge in [0, 0.05) is 13.0 Å². The Morgan fingerprint density at radius 2 is 1.79 bits per heavy atom. The molecule has 8 heteroatoms. The number of nitrogens with zero attached hydrogens (tertiary/aromatic N) is 2. The number of carbonyl (C=O) groups is 1. The van der Waals surface area contributed by atoms with E-state index in [4.69, 9.17) is 9.47 Å². The van der Waals surface area contributed by atoms with Crippen molar-refractivity contribution in [3.05, 3.63) is 64.7 Å². The molecule has 146 valence electrons. The van der Waals surface area contributed by atoms with E-state index in [2.05, 4.69) is 20.8 Å². The average Bonchev–Trinajstić information content (AvgIpc) is 3.15. The van der Waals surface area contributed by atoms with Gasteiger partial charge in [-0.3, -0.25) is 5.32 Å². The third kappa shape index (κ3) is 5.68. The fourth-order valence-corrected chi connectivity index (χ4v) is 3.36. The molecule has 0 aliphatic heterocycles. The number of methoxy groups -OCH3 is 2. The molecular weight excluding hydrogens is 376 g/mol. The fourth-order valence-electron chi connectivity index (χ4n) is 2.59. The number of hydrogen-bond acceptors (Lipinski definition) is 6. The van der Waals surface area contributed by atoms with Crippen LogP contribution in [0.2, 0.25) is 0 Å². The number of ether oxygens (including phenoxy) is 2. The molecule has 0 aliphatic rings. The highest BCUT2D eigenvalue weighted by molar-refractivity contribution is 7.15. The second kappa shape index (κ2) is 9.70. The van der Waals surface area contributed by atoms with Crippen LogP contribution >= 0.6 is 11.3 Å². The third-order valence-electron chi connectivity index (χ3n) is 4.04. The second-order valence-corrected chi connectivity index (χ2v) is 7.07. The minimum Gasteiger partial charge on any atom is -0.497 e. The molecule has 0 bridgehead atoms. The molecule has 0 atom stereocenters. The average molecular weight is 398 g/mol. The van der Waals surface area contributed by atoms with Gasteiger partial charge in [0.1, 0.15) is 16.5 Å². The van der Waals surface area contributed by atoms with Gasteiger partial charge >= 0.3 is 6.03 Å². The largest absolute Gasteiger partial charge is 0.497 e. The van der Waals surface area contributed by atoms with Crippen molar-refractivity contribution < 1.29 is 14.3 Å². The lowest BCUT2D eigenvalue weighted by Gasteiger charge is -2.06. The molecule has 0 fully saturated rings. The molecule has 0 radical (unpaired) electrons. The van der Waals surface area contributed by atoms with Crippen molar-refractivity contribution in [2.45, 2.75) is 12.8 Å². The fraction of sp³-hybridized carbons (Fsp3) is 0.250. The maximum atomic E-state index is 12.0. The Hall–Kier alpha value is -3.13. The first-order chi connectivity index (χ1) is 13.7. The molecule has 2 N–H and O–H groups in total. The lowest BCUT2D eigenvalue weighted by Crippen LogP contribution is -2.30. The van der Waals surface area contributed by atoms with Gasteiger partial charge in [-0.1, -0.05) is 35.6 Å². The van der Waals surface area contributed by atoms with E-state index in [9.17, 15) is 4.79 Å². The predicted octanol–water partition coefficient (Wildman–Crippen LogP) is 3.51. The first-order valence-electron chi connectivity index (χ1n) is 8.79. The zero-order valence-electron chi connectivity index (χ0n) is 15.8. The number of nitrogens with one attached hydrogen (secondary N) is 2. The summed E-state index contributed by atoms with van der Waals surface area (Å²) in [4.78, 5) is 12.0. The predicted molar refractivity (Wildman–Crippen MR) is 109 cm³/mol. The number of carbonyl (C=O) groups excluding carboxylic acids is 1. The van der Waals surface area contributed by atoms with Crippen LogP contribution in [-0.2, 0) is 12.8 Å². The zero-order valence-corrected chi connectivity index (χ0v) is 16.6. The highest BCUT2D eigenvalue weighted by Crippen LogP contribution is 2.20. The van der Waals surface area contributed by atoms with Gasteiger partial charge < -0.3 is 14.8 Å². The van der Waals surface area contributed by atoms with Gasteiger partial charge in [-0.2, -0.15) is 0 Å². The molecule has 3 aromatic rings. The van der Waals surface area contributed by atoms with E-state index in [1.807, 2.05) is 48.5 Å². The second-order valence-electron chi connectivity index (χ2n) is 6.01. The van der Waals surface area contributed by atoms with E-state index in [1.165, 1.54) is 11.3 Å². The number of amides is 2. The summed E-state index contributed by atoms with van der Waals surface area (Å²) in [6, 6.07) is 15.3. The van der Waals surface area contributed by atoms with Crippen molar-refractivity contribution in [3.63, 3.8) is 0 Å².